The van der Waals surface area contributed by atoms with Crippen LogP contribution < -0.4 is 5.32 Å². The van der Waals surface area contributed by atoms with E-state index in [2.05, 4.69) is 43.0 Å². The van der Waals surface area contributed by atoms with Gasteiger partial charge in [0, 0.05) is 12.5 Å². The number of carbonyl (C=O) groups excluding carboxylic acids is 1. The van der Waals surface area contributed by atoms with E-state index in [0.29, 0.717) is 18.3 Å². The van der Waals surface area contributed by atoms with Gasteiger partial charge in [-0.25, -0.2) is 4.68 Å². The SMILES string of the molecule is CCCN1CCC(CC(=O)Nc2ccnn2C(C)C(C)C)CC1. The predicted octanol–water partition coefficient (Wildman–Crippen LogP) is 3.55. The molecule has 1 aliphatic rings. The quantitative estimate of drug-likeness (QED) is 0.836. The van der Waals surface area contributed by atoms with Crippen LogP contribution in [-0.4, -0.2) is 40.2 Å². The van der Waals surface area contributed by atoms with Gasteiger partial charge in [0.05, 0.1) is 12.2 Å². The monoisotopic (exact) mass is 320 g/mol. The molecular weight excluding hydrogens is 288 g/mol. The summed E-state index contributed by atoms with van der Waals surface area (Å²) in [6, 6.07) is 2.17. The lowest BCUT2D eigenvalue weighted by atomic mass is 9.93. The third-order valence-electron chi connectivity index (χ3n) is 5.01. The zero-order valence-corrected chi connectivity index (χ0v) is 15.1. The van der Waals surface area contributed by atoms with Gasteiger partial charge in [-0.15, -0.1) is 0 Å². The molecular formula is C18H32N4O. The summed E-state index contributed by atoms with van der Waals surface area (Å²) in [5.74, 6) is 1.94. The normalized spacial score (nSPS) is 18.3. The molecule has 5 heteroatoms. The van der Waals surface area contributed by atoms with Gasteiger partial charge in [-0.1, -0.05) is 20.8 Å². The minimum atomic E-state index is 0.122. The van der Waals surface area contributed by atoms with Gasteiger partial charge in [0.15, 0.2) is 0 Å². The van der Waals surface area contributed by atoms with Crippen LogP contribution in [0.5, 0.6) is 0 Å². The van der Waals surface area contributed by atoms with Crippen LogP contribution in [0.15, 0.2) is 12.3 Å². The Bertz CT molecular complexity index is 489. The number of amides is 1. The first-order valence-electron chi connectivity index (χ1n) is 9.07. The number of hydrogen-bond donors (Lipinski definition) is 1. The van der Waals surface area contributed by atoms with Crippen molar-refractivity contribution in [2.75, 3.05) is 25.0 Å². The van der Waals surface area contributed by atoms with E-state index in [1.54, 1.807) is 6.20 Å². The number of rotatable bonds is 7. The Morgan fingerprint density at radius 3 is 2.65 bits per heavy atom. The van der Waals surface area contributed by atoms with Gasteiger partial charge in [0.2, 0.25) is 5.91 Å². The molecule has 1 amide bonds. The highest BCUT2D eigenvalue weighted by Crippen LogP contribution is 2.23. The van der Waals surface area contributed by atoms with Crippen molar-refractivity contribution >= 4 is 11.7 Å². The van der Waals surface area contributed by atoms with Gasteiger partial charge in [0.25, 0.3) is 0 Å². The minimum absolute atomic E-state index is 0.122. The highest BCUT2D eigenvalue weighted by atomic mass is 16.1. The van der Waals surface area contributed by atoms with Crippen LogP contribution in [0.3, 0.4) is 0 Å². The Balaban J connectivity index is 1.83. The molecule has 1 aliphatic heterocycles. The van der Waals surface area contributed by atoms with Gasteiger partial charge in [0.1, 0.15) is 5.82 Å². The first-order chi connectivity index (χ1) is 11.0. The maximum Gasteiger partial charge on any atom is 0.225 e. The van der Waals surface area contributed by atoms with Gasteiger partial charge < -0.3 is 10.2 Å². The fourth-order valence-electron chi connectivity index (χ4n) is 3.21. The molecule has 1 aromatic rings. The van der Waals surface area contributed by atoms with E-state index in [0.717, 1.165) is 31.7 Å². The third-order valence-corrected chi connectivity index (χ3v) is 5.01. The van der Waals surface area contributed by atoms with Gasteiger partial charge in [-0.3, -0.25) is 4.79 Å². The molecule has 23 heavy (non-hydrogen) atoms. The first kappa shape index (κ1) is 18.0. The van der Waals surface area contributed by atoms with Crippen LogP contribution in [0.1, 0.15) is 59.4 Å². The van der Waals surface area contributed by atoms with E-state index >= 15 is 0 Å². The summed E-state index contributed by atoms with van der Waals surface area (Å²) in [5.41, 5.74) is 0. The Labute approximate surface area is 140 Å². The fraction of sp³-hybridized carbons (Fsp3) is 0.778. The zero-order valence-electron chi connectivity index (χ0n) is 15.1. The van der Waals surface area contributed by atoms with E-state index in [9.17, 15) is 4.79 Å². The molecule has 0 bridgehead atoms. The lowest BCUT2D eigenvalue weighted by Gasteiger charge is -2.31. The Morgan fingerprint density at radius 2 is 2.04 bits per heavy atom. The number of hydrogen-bond acceptors (Lipinski definition) is 3. The van der Waals surface area contributed by atoms with Crippen molar-refractivity contribution in [2.24, 2.45) is 11.8 Å². The van der Waals surface area contributed by atoms with Gasteiger partial charge >= 0.3 is 0 Å². The molecule has 1 atom stereocenters. The Morgan fingerprint density at radius 1 is 1.35 bits per heavy atom. The van der Waals surface area contributed by atoms with Crippen molar-refractivity contribution in [3.8, 4) is 0 Å². The number of nitrogens with zero attached hydrogens (tertiary/aromatic N) is 3. The van der Waals surface area contributed by atoms with Crippen LogP contribution in [0.25, 0.3) is 0 Å². The third kappa shape index (κ3) is 5.06. The predicted molar refractivity (Wildman–Crippen MR) is 94.5 cm³/mol. The summed E-state index contributed by atoms with van der Waals surface area (Å²) in [6.07, 6.45) is 5.87. The molecule has 0 aromatic carbocycles. The molecule has 1 N–H and O–H groups in total. The summed E-state index contributed by atoms with van der Waals surface area (Å²) >= 11 is 0. The number of aromatic nitrogens is 2. The number of anilines is 1. The first-order valence-corrected chi connectivity index (χ1v) is 9.07. The van der Waals surface area contributed by atoms with E-state index in [1.807, 2.05) is 10.7 Å². The second kappa shape index (κ2) is 8.48. The molecule has 1 aromatic heterocycles. The molecule has 5 nitrogen and oxygen atoms in total. The van der Waals surface area contributed by atoms with E-state index in [4.69, 9.17) is 0 Å². The van der Waals surface area contributed by atoms with Crippen LogP contribution in [0.2, 0.25) is 0 Å². The van der Waals surface area contributed by atoms with Crippen LogP contribution in [0.4, 0.5) is 5.82 Å². The van der Waals surface area contributed by atoms with Crippen LogP contribution in [0, 0.1) is 11.8 Å². The van der Waals surface area contributed by atoms with Crippen LogP contribution >= 0.6 is 0 Å². The van der Waals surface area contributed by atoms with Crippen LogP contribution in [-0.2, 0) is 4.79 Å². The molecule has 2 rings (SSSR count). The van der Waals surface area contributed by atoms with Gasteiger partial charge in [-0.05, 0) is 57.7 Å². The summed E-state index contributed by atoms with van der Waals surface area (Å²) < 4.78 is 1.92. The molecule has 0 aliphatic carbocycles. The smallest absolute Gasteiger partial charge is 0.225 e. The maximum atomic E-state index is 12.4. The van der Waals surface area contributed by atoms with Crippen molar-refractivity contribution in [1.29, 1.82) is 0 Å². The van der Waals surface area contributed by atoms with E-state index in [-0.39, 0.29) is 11.9 Å². The largest absolute Gasteiger partial charge is 0.311 e. The second-order valence-corrected chi connectivity index (χ2v) is 7.18. The Kier molecular flexibility index (Phi) is 6.63. The summed E-state index contributed by atoms with van der Waals surface area (Å²) in [7, 11) is 0. The van der Waals surface area contributed by atoms with Crippen molar-refractivity contribution in [1.82, 2.24) is 14.7 Å². The summed E-state index contributed by atoms with van der Waals surface area (Å²) in [4.78, 5) is 14.9. The standard InChI is InChI=1S/C18H32N4O/c1-5-10-21-11-7-16(8-12-21)13-18(23)20-17-6-9-19-22(17)15(4)14(2)3/h6,9,14-16H,5,7-8,10-13H2,1-4H3,(H,20,23). The molecule has 1 unspecified atom stereocenters. The van der Waals surface area contributed by atoms with E-state index in [1.165, 1.54) is 13.0 Å². The lowest BCUT2D eigenvalue weighted by molar-refractivity contribution is -0.117. The molecule has 2 heterocycles. The number of likely N-dealkylation sites (tertiary alicyclic amines) is 1. The van der Waals surface area contributed by atoms with E-state index < -0.39 is 0 Å². The molecule has 1 fully saturated rings. The lowest BCUT2D eigenvalue weighted by Crippen LogP contribution is -2.35. The topological polar surface area (TPSA) is 50.2 Å². The summed E-state index contributed by atoms with van der Waals surface area (Å²) in [5, 5.41) is 7.42. The number of piperidine rings is 1. The average Bonchev–Trinajstić information content (AvgIpc) is 2.96. The number of nitrogens with one attached hydrogen (secondary N) is 1. The van der Waals surface area contributed by atoms with Gasteiger partial charge in [-0.2, -0.15) is 5.10 Å². The van der Waals surface area contributed by atoms with Crippen molar-refractivity contribution in [3.63, 3.8) is 0 Å². The highest BCUT2D eigenvalue weighted by Gasteiger charge is 2.22. The van der Waals surface area contributed by atoms with Crippen molar-refractivity contribution in [2.45, 2.75) is 59.4 Å². The fourth-order valence-corrected chi connectivity index (χ4v) is 3.21. The highest BCUT2D eigenvalue weighted by molar-refractivity contribution is 5.90. The Hall–Kier alpha value is -1.36. The molecule has 130 valence electrons. The molecule has 1 saturated heterocycles. The molecule has 0 spiro atoms. The number of carbonyl (C=O) groups is 1. The van der Waals surface area contributed by atoms with Crippen molar-refractivity contribution < 1.29 is 4.79 Å². The van der Waals surface area contributed by atoms with Crippen molar-refractivity contribution in [3.05, 3.63) is 12.3 Å². The summed E-state index contributed by atoms with van der Waals surface area (Å²) in [6.45, 7) is 12.1. The average molecular weight is 320 g/mol. The second-order valence-electron chi connectivity index (χ2n) is 7.18. The minimum Gasteiger partial charge on any atom is -0.311 e. The maximum absolute atomic E-state index is 12.4. The molecule has 0 radical (unpaired) electrons. The molecule has 0 saturated carbocycles. The zero-order chi connectivity index (χ0) is 16.8.